The molecule has 0 spiro atoms. The number of nitrogens with one attached hydrogen (secondary N) is 1. The molecular weight excluding hydrogens is 456 g/mol. The fourth-order valence-corrected chi connectivity index (χ4v) is 4.13. The second kappa shape index (κ2) is 11.1. The van der Waals surface area contributed by atoms with Gasteiger partial charge in [0, 0.05) is 19.9 Å². The minimum Gasteiger partial charge on any atom is -0.493 e. The van der Waals surface area contributed by atoms with Gasteiger partial charge in [-0.15, -0.1) is 0 Å². The number of likely N-dealkylation sites (tertiary alicyclic amines) is 1. The predicted octanol–water partition coefficient (Wildman–Crippen LogP) is 2.47. The number of methoxy groups -OCH3 is 4. The van der Waals surface area contributed by atoms with Crippen molar-refractivity contribution >= 4 is 11.7 Å². The largest absolute Gasteiger partial charge is 0.493 e. The third-order valence-corrected chi connectivity index (χ3v) is 5.69. The van der Waals surface area contributed by atoms with E-state index in [4.69, 9.17) is 23.5 Å². The summed E-state index contributed by atoms with van der Waals surface area (Å²) in [5.41, 5.74) is 1.46. The van der Waals surface area contributed by atoms with Gasteiger partial charge in [0.1, 0.15) is 18.8 Å². The second-order valence-corrected chi connectivity index (χ2v) is 7.88. The Bertz CT molecular complexity index is 1140. The number of anilines is 1. The van der Waals surface area contributed by atoms with Crippen LogP contribution in [0.2, 0.25) is 0 Å². The van der Waals surface area contributed by atoms with E-state index < -0.39 is 0 Å². The van der Waals surface area contributed by atoms with E-state index in [9.17, 15) is 4.79 Å². The molecule has 4 rings (SSSR count). The first kappa shape index (κ1) is 24.4. The van der Waals surface area contributed by atoms with E-state index in [0.717, 1.165) is 24.9 Å². The molecular formula is C23H28N6O6. The molecule has 186 valence electrons. The highest BCUT2D eigenvalue weighted by molar-refractivity contribution is 5.93. The van der Waals surface area contributed by atoms with Crippen LogP contribution in [0.5, 0.6) is 17.2 Å². The molecule has 1 N–H and O–H groups in total. The molecule has 1 aliphatic rings. The number of rotatable bonds is 10. The molecule has 0 unspecified atom stereocenters. The standard InChI is InChI=1S/C23H28N6O6/c1-31-12-19(30)26-21-15(10-24-13-25-21)22-27-23(35-28-22)16-6-5-7-29(16)11-14-8-17(32-2)20(34-4)18(9-14)33-3/h8-10,13,16H,5-7,11-12H2,1-4H3,(H,24,25,26,30)/t16-/m1/s1. The number of benzene rings is 1. The van der Waals surface area contributed by atoms with Crippen molar-refractivity contribution in [2.24, 2.45) is 0 Å². The van der Waals surface area contributed by atoms with Crippen LogP contribution in [0.15, 0.2) is 29.2 Å². The van der Waals surface area contributed by atoms with Crippen LogP contribution in [-0.4, -0.2) is 72.5 Å². The smallest absolute Gasteiger partial charge is 0.251 e. The van der Waals surface area contributed by atoms with Crippen LogP contribution < -0.4 is 19.5 Å². The summed E-state index contributed by atoms with van der Waals surface area (Å²) >= 11 is 0. The van der Waals surface area contributed by atoms with Gasteiger partial charge in [-0.2, -0.15) is 4.98 Å². The van der Waals surface area contributed by atoms with E-state index in [1.165, 1.54) is 19.6 Å². The molecule has 12 heteroatoms. The molecule has 1 aliphatic heterocycles. The average Bonchev–Trinajstić information content (AvgIpc) is 3.53. The summed E-state index contributed by atoms with van der Waals surface area (Å²) in [5.74, 6) is 2.49. The summed E-state index contributed by atoms with van der Waals surface area (Å²) in [6, 6.07) is 3.81. The van der Waals surface area contributed by atoms with E-state index in [1.54, 1.807) is 21.3 Å². The lowest BCUT2D eigenvalue weighted by atomic mass is 10.1. The van der Waals surface area contributed by atoms with Gasteiger partial charge >= 0.3 is 0 Å². The maximum atomic E-state index is 12.0. The monoisotopic (exact) mass is 484 g/mol. The van der Waals surface area contributed by atoms with Crippen LogP contribution in [0.4, 0.5) is 5.82 Å². The molecule has 0 bridgehead atoms. The Morgan fingerprint density at radius 1 is 1.17 bits per heavy atom. The summed E-state index contributed by atoms with van der Waals surface area (Å²) in [6.45, 7) is 1.40. The topological polar surface area (TPSA) is 134 Å². The van der Waals surface area contributed by atoms with Crippen LogP contribution in [0, 0.1) is 0 Å². The lowest BCUT2D eigenvalue weighted by molar-refractivity contribution is -0.119. The molecule has 0 saturated carbocycles. The highest BCUT2D eigenvalue weighted by Gasteiger charge is 2.32. The lowest BCUT2D eigenvalue weighted by Crippen LogP contribution is -2.23. The van der Waals surface area contributed by atoms with Crippen LogP contribution in [0.1, 0.15) is 30.3 Å². The quantitative estimate of drug-likeness (QED) is 0.455. The third kappa shape index (κ3) is 5.33. The Labute approximate surface area is 202 Å². The molecule has 1 amide bonds. The number of aromatic nitrogens is 4. The summed E-state index contributed by atoms with van der Waals surface area (Å²) < 4.78 is 26.9. The number of carbonyl (C=O) groups is 1. The first-order valence-electron chi connectivity index (χ1n) is 11.0. The van der Waals surface area contributed by atoms with Gasteiger partial charge in [0.15, 0.2) is 11.5 Å². The van der Waals surface area contributed by atoms with Crippen LogP contribution in [0.3, 0.4) is 0 Å². The molecule has 1 aromatic carbocycles. The number of amides is 1. The van der Waals surface area contributed by atoms with E-state index in [1.807, 2.05) is 12.1 Å². The molecule has 0 aliphatic carbocycles. The van der Waals surface area contributed by atoms with Crippen LogP contribution in [0.25, 0.3) is 11.4 Å². The molecule has 1 saturated heterocycles. The molecule has 12 nitrogen and oxygen atoms in total. The summed E-state index contributed by atoms with van der Waals surface area (Å²) in [6.07, 6.45) is 4.73. The van der Waals surface area contributed by atoms with E-state index in [0.29, 0.717) is 41.1 Å². The summed E-state index contributed by atoms with van der Waals surface area (Å²) in [7, 11) is 6.21. The maximum Gasteiger partial charge on any atom is 0.251 e. The van der Waals surface area contributed by atoms with E-state index in [2.05, 4.69) is 30.3 Å². The third-order valence-electron chi connectivity index (χ3n) is 5.69. The van der Waals surface area contributed by atoms with Crippen molar-refractivity contribution in [2.75, 3.05) is 46.9 Å². The number of carbonyl (C=O) groups excluding carboxylic acids is 1. The summed E-state index contributed by atoms with van der Waals surface area (Å²) in [4.78, 5) is 27.0. The molecule has 35 heavy (non-hydrogen) atoms. The molecule has 3 aromatic rings. The zero-order valence-electron chi connectivity index (χ0n) is 20.1. The van der Waals surface area contributed by atoms with Gasteiger partial charge in [0.2, 0.25) is 17.5 Å². The molecule has 1 fully saturated rings. The van der Waals surface area contributed by atoms with Crippen molar-refractivity contribution in [2.45, 2.75) is 25.4 Å². The van der Waals surface area contributed by atoms with Crippen molar-refractivity contribution in [1.29, 1.82) is 0 Å². The van der Waals surface area contributed by atoms with Gasteiger partial charge in [-0.25, -0.2) is 9.97 Å². The average molecular weight is 485 g/mol. The Morgan fingerprint density at radius 3 is 2.63 bits per heavy atom. The van der Waals surface area contributed by atoms with Crippen molar-refractivity contribution in [1.82, 2.24) is 25.0 Å². The number of hydrogen-bond acceptors (Lipinski definition) is 11. The van der Waals surface area contributed by atoms with Gasteiger partial charge in [-0.05, 0) is 37.1 Å². The van der Waals surface area contributed by atoms with E-state index >= 15 is 0 Å². The fraction of sp³-hybridized carbons (Fsp3) is 0.435. The first-order valence-corrected chi connectivity index (χ1v) is 11.0. The molecule has 1 atom stereocenters. The van der Waals surface area contributed by atoms with Crippen molar-refractivity contribution in [3.63, 3.8) is 0 Å². The molecule has 2 aromatic heterocycles. The second-order valence-electron chi connectivity index (χ2n) is 7.88. The zero-order valence-corrected chi connectivity index (χ0v) is 20.1. The fourth-order valence-electron chi connectivity index (χ4n) is 4.13. The first-order chi connectivity index (χ1) is 17.1. The minimum atomic E-state index is -0.344. The number of nitrogens with zero attached hydrogens (tertiary/aromatic N) is 5. The van der Waals surface area contributed by atoms with Crippen molar-refractivity contribution in [3.8, 4) is 28.6 Å². The SMILES string of the molecule is COCC(=O)Nc1ncncc1-c1noc([C@H]2CCCN2Cc2cc(OC)c(OC)c(OC)c2)n1. The normalized spacial score (nSPS) is 15.7. The van der Waals surface area contributed by atoms with Gasteiger partial charge in [0.25, 0.3) is 5.91 Å². The summed E-state index contributed by atoms with van der Waals surface area (Å²) in [5, 5.41) is 6.81. The molecule has 0 radical (unpaired) electrons. The van der Waals surface area contributed by atoms with Crippen molar-refractivity contribution < 1.29 is 28.3 Å². The number of ether oxygens (including phenoxy) is 4. The van der Waals surface area contributed by atoms with Crippen LogP contribution in [-0.2, 0) is 16.1 Å². The Kier molecular flexibility index (Phi) is 7.73. The maximum absolute atomic E-state index is 12.0. The van der Waals surface area contributed by atoms with Gasteiger partial charge in [0.05, 0.1) is 32.9 Å². The van der Waals surface area contributed by atoms with Gasteiger partial charge in [-0.1, -0.05) is 5.16 Å². The van der Waals surface area contributed by atoms with E-state index in [-0.39, 0.29) is 24.4 Å². The Hall–Kier alpha value is -3.77. The lowest BCUT2D eigenvalue weighted by Gasteiger charge is -2.22. The minimum absolute atomic E-state index is 0.0634. The zero-order chi connectivity index (χ0) is 24.8. The van der Waals surface area contributed by atoms with Crippen molar-refractivity contribution in [3.05, 3.63) is 36.1 Å². The van der Waals surface area contributed by atoms with Gasteiger partial charge in [-0.3, -0.25) is 9.69 Å². The highest BCUT2D eigenvalue weighted by atomic mass is 16.5. The molecule has 3 heterocycles. The Balaban J connectivity index is 1.55. The number of hydrogen-bond donors (Lipinski definition) is 1. The predicted molar refractivity (Wildman–Crippen MR) is 124 cm³/mol. The van der Waals surface area contributed by atoms with Gasteiger partial charge < -0.3 is 28.8 Å². The highest BCUT2D eigenvalue weighted by Crippen LogP contribution is 2.40. The van der Waals surface area contributed by atoms with Crippen LogP contribution >= 0.6 is 0 Å². The Morgan fingerprint density at radius 2 is 1.94 bits per heavy atom.